The van der Waals surface area contributed by atoms with Crippen LogP contribution in [0.15, 0.2) is 35.4 Å². The molecule has 0 aliphatic carbocycles. The van der Waals surface area contributed by atoms with E-state index in [1.54, 1.807) is 6.92 Å². The molecule has 1 aromatic carbocycles. The maximum Gasteiger partial charge on any atom is 0.416 e. The van der Waals surface area contributed by atoms with E-state index in [0.717, 1.165) is 6.07 Å². The summed E-state index contributed by atoms with van der Waals surface area (Å²) in [7, 11) is 3.42. The molecule has 1 aliphatic rings. The fourth-order valence-electron chi connectivity index (χ4n) is 4.29. The smallest absolute Gasteiger partial charge is 0.416 e. The zero-order valence-electron chi connectivity index (χ0n) is 23.3. The van der Waals surface area contributed by atoms with Crippen LogP contribution in [0.3, 0.4) is 0 Å². The van der Waals surface area contributed by atoms with Crippen molar-refractivity contribution in [2.24, 2.45) is 0 Å². The van der Waals surface area contributed by atoms with Gasteiger partial charge in [-0.25, -0.2) is 19.2 Å². The van der Waals surface area contributed by atoms with Crippen LogP contribution in [0.5, 0.6) is 5.75 Å². The number of hydrogen-bond acceptors (Lipinski definition) is 8. The molecule has 226 valence electrons. The Morgan fingerprint density at radius 2 is 1.81 bits per heavy atom. The lowest BCUT2D eigenvalue weighted by molar-refractivity contribution is -0.138. The van der Waals surface area contributed by atoms with Crippen LogP contribution in [0.4, 0.5) is 33.7 Å². The van der Waals surface area contributed by atoms with Crippen molar-refractivity contribution in [2.45, 2.75) is 19.6 Å². The lowest BCUT2D eigenvalue weighted by Crippen LogP contribution is -2.44. The Bertz CT molecular complexity index is 1470. The number of likely N-dealkylation sites (N-methyl/N-ethyl adjacent to an activating group) is 1. The second-order valence-corrected chi connectivity index (χ2v) is 9.76. The van der Waals surface area contributed by atoms with Crippen LogP contribution < -0.4 is 20.9 Å². The number of carbonyl (C=O) groups is 1. The van der Waals surface area contributed by atoms with Crippen LogP contribution >= 0.6 is 0 Å². The van der Waals surface area contributed by atoms with Crippen molar-refractivity contribution >= 4 is 17.4 Å². The number of aromatic amines is 1. The number of benzene rings is 1. The Balaban J connectivity index is 1.47. The summed E-state index contributed by atoms with van der Waals surface area (Å²) in [5.41, 5.74) is -1.42. The van der Waals surface area contributed by atoms with Crippen molar-refractivity contribution in [3.63, 3.8) is 0 Å². The molecular weight excluding hydrogens is 562 g/mol. The molecule has 15 heteroatoms. The summed E-state index contributed by atoms with van der Waals surface area (Å²) in [6, 6.07) is 1.90. The van der Waals surface area contributed by atoms with E-state index < -0.39 is 34.8 Å². The molecule has 1 fully saturated rings. The third-order valence-corrected chi connectivity index (χ3v) is 6.64. The van der Waals surface area contributed by atoms with Gasteiger partial charge in [0.25, 0.3) is 5.56 Å². The Kier molecular flexibility index (Phi) is 9.75. The summed E-state index contributed by atoms with van der Waals surface area (Å²) in [5.74, 6) is -0.738. The molecule has 0 spiro atoms. The number of aryl methyl sites for hydroxylation is 1. The average molecular weight is 594 g/mol. The minimum Gasteiger partial charge on any atom is -0.485 e. The Morgan fingerprint density at radius 3 is 2.48 bits per heavy atom. The third kappa shape index (κ3) is 7.80. The molecular formula is C27H31F4N7O4. The van der Waals surface area contributed by atoms with Gasteiger partial charge in [-0.2, -0.15) is 13.2 Å². The number of aromatic nitrogens is 3. The second-order valence-electron chi connectivity index (χ2n) is 9.76. The summed E-state index contributed by atoms with van der Waals surface area (Å²) < 4.78 is 66.9. The largest absolute Gasteiger partial charge is 0.485 e. The molecule has 3 aromatic rings. The average Bonchev–Trinajstić information content (AvgIpc) is 2.93. The van der Waals surface area contributed by atoms with Gasteiger partial charge in [0.1, 0.15) is 12.4 Å². The molecule has 0 atom stereocenters. The number of anilines is 2. The number of alkyl halides is 3. The number of piperazine rings is 1. The number of nitrogens with one attached hydrogen (secondary N) is 3. The van der Waals surface area contributed by atoms with E-state index in [9.17, 15) is 27.2 Å². The lowest BCUT2D eigenvalue weighted by Gasteiger charge is -2.33. The van der Waals surface area contributed by atoms with E-state index >= 15 is 0 Å². The van der Waals surface area contributed by atoms with Crippen molar-refractivity contribution < 1.29 is 31.8 Å². The molecule has 1 saturated heterocycles. The first-order chi connectivity index (χ1) is 19.9. The quantitative estimate of drug-likeness (QED) is 0.253. The van der Waals surface area contributed by atoms with Gasteiger partial charge in [-0.1, -0.05) is 0 Å². The van der Waals surface area contributed by atoms with E-state index in [1.165, 1.54) is 25.6 Å². The first kappa shape index (κ1) is 30.9. The third-order valence-electron chi connectivity index (χ3n) is 6.64. The number of H-pyrrole nitrogens is 1. The van der Waals surface area contributed by atoms with Crippen molar-refractivity contribution in [3.8, 4) is 17.1 Å². The Hall–Kier alpha value is -4.08. The predicted octanol–water partition coefficient (Wildman–Crippen LogP) is 3.71. The number of halogens is 4. The molecule has 3 N–H and O–H groups in total. The molecule has 11 nitrogen and oxygen atoms in total. The maximum atomic E-state index is 14.9. The van der Waals surface area contributed by atoms with E-state index in [1.807, 2.05) is 11.9 Å². The number of hydrogen-bond donors (Lipinski definition) is 3. The number of ether oxygens (including phenoxy) is 2. The zero-order valence-corrected chi connectivity index (χ0v) is 23.3. The summed E-state index contributed by atoms with van der Waals surface area (Å²) in [4.78, 5) is 39.6. The highest BCUT2D eigenvalue weighted by molar-refractivity contribution is 6.00. The summed E-state index contributed by atoms with van der Waals surface area (Å²) >= 11 is 0. The van der Waals surface area contributed by atoms with Crippen molar-refractivity contribution in [1.29, 1.82) is 0 Å². The van der Waals surface area contributed by atoms with Gasteiger partial charge >= 0.3 is 12.2 Å². The van der Waals surface area contributed by atoms with Gasteiger partial charge in [0, 0.05) is 51.6 Å². The fraction of sp³-hybridized carbons (Fsp3) is 0.407. The number of nitrogens with zero attached hydrogens (tertiary/aromatic N) is 4. The summed E-state index contributed by atoms with van der Waals surface area (Å²) in [6.07, 6.45) is -2.07. The predicted molar refractivity (Wildman–Crippen MR) is 147 cm³/mol. The number of pyridine rings is 1. The highest BCUT2D eigenvalue weighted by Gasteiger charge is 2.35. The van der Waals surface area contributed by atoms with Crippen LogP contribution in [0.1, 0.15) is 16.8 Å². The molecule has 0 saturated carbocycles. The van der Waals surface area contributed by atoms with Crippen LogP contribution in [0.2, 0.25) is 0 Å². The molecule has 0 radical (unpaired) electrons. The SMILES string of the molecule is COCCOc1cc(-c2ncc(NC(=O)Nc3cc(C(F)(F)F)c(CN4CCN(C)CC4)cc3F)c(C)n2)c[nH]c1=O. The topological polar surface area (TPSA) is 125 Å². The molecule has 2 amide bonds. The number of amides is 2. The number of carbonyl (C=O) groups excluding carboxylic acids is 1. The summed E-state index contributed by atoms with van der Waals surface area (Å²) in [6.45, 7) is 4.46. The Labute approximate surface area is 238 Å². The fourth-order valence-corrected chi connectivity index (χ4v) is 4.29. The van der Waals surface area contributed by atoms with E-state index in [4.69, 9.17) is 9.47 Å². The first-order valence-electron chi connectivity index (χ1n) is 13.0. The van der Waals surface area contributed by atoms with Gasteiger partial charge in [-0.3, -0.25) is 9.69 Å². The Morgan fingerprint density at radius 1 is 1.10 bits per heavy atom. The summed E-state index contributed by atoms with van der Waals surface area (Å²) in [5, 5.41) is 4.58. The van der Waals surface area contributed by atoms with Gasteiger partial charge in [0.2, 0.25) is 0 Å². The standard InChI is InChI=1S/C27H31F4N7O4/c1-16-22(14-32-24(34-16)17-11-23(25(39)33-13-17)42-9-8-41-3)36-26(40)35-21-12-19(27(29,30)31)18(10-20(21)28)15-38-6-4-37(2)5-7-38/h10-14H,4-9,15H2,1-3H3,(H,33,39)(H2,35,36,40). The normalized spacial score (nSPS) is 14.5. The van der Waals surface area contributed by atoms with E-state index in [0.29, 0.717) is 43.5 Å². The maximum absolute atomic E-state index is 14.9. The molecule has 4 rings (SSSR count). The number of methoxy groups -OCH3 is 1. The second kappa shape index (κ2) is 13.3. The van der Waals surface area contributed by atoms with Crippen molar-refractivity contribution in [3.05, 3.63) is 63.6 Å². The van der Waals surface area contributed by atoms with E-state index in [2.05, 4.69) is 30.5 Å². The van der Waals surface area contributed by atoms with E-state index in [-0.39, 0.29) is 42.6 Å². The lowest BCUT2D eigenvalue weighted by atomic mass is 10.0. The molecule has 1 aliphatic heterocycles. The van der Waals surface area contributed by atoms with Crippen LogP contribution in [0.25, 0.3) is 11.4 Å². The van der Waals surface area contributed by atoms with Gasteiger partial charge in [-0.05, 0) is 37.7 Å². The van der Waals surface area contributed by atoms with Gasteiger partial charge in [-0.15, -0.1) is 0 Å². The van der Waals surface area contributed by atoms with Gasteiger partial charge in [0.15, 0.2) is 11.6 Å². The van der Waals surface area contributed by atoms with Crippen LogP contribution in [-0.2, 0) is 17.5 Å². The van der Waals surface area contributed by atoms with Crippen LogP contribution in [-0.4, -0.2) is 84.3 Å². The number of rotatable bonds is 9. The minimum atomic E-state index is -4.75. The highest BCUT2D eigenvalue weighted by atomic mass is 19.4. The first-order valence-corrected chi connectivity index (χ1v) is 13.0. The van der Waals surface area contributed by atoms with Crippen molar-refractivity contribution in [1.82, 2.24) is 24.8 Å². The van der Waals surface area contributed by atoms with Crippen LogP contribution in [0, 0.1) is 12.7 Å². The molecule has 2 aromatic heterocycles. The molecule has 0 bridgehead atoms. The monoisotopic (exact) mass is 593 g/mol. The molecule has 0 unspecified atom stereocenters. The molecule has 3 heterocycles. The zero-order chi connectivity index (χ0) is 30.4. The van der Waals surface area contributed by atoms with Gasteiger partial charge in [0.05, 0.1) is 35.4 Å². The molecule has 42 heavy (non-hydrogen) atoms. The highest BCUT2D eigenvalue weighted by Crippen LogP contribution is 2.36. The minimum absolute atomic E-state index is 0.0437. The van der Waals surface area contributed by atoms with Crippen molar-refractivity contribution in [2.75, 3.05) is 64.2 Å². The number of urea groups is 1. The van der Waals surface area contributed by atoms with Gasteiger partial charge < -0.3 is 30.0 Å².